The monoisotopic (exact) mass is 210 g/mol. The van der Waals surface area contributed by atoms with Crippen LogP contribution in [0.1, 0.15) is 10.4 Å². The molecule has 0 aliphatic carbocycles. The van der Waals surface area contributed by atoms with Crippen LogP contribution in [0.4, 0.5) is 4.39 Å². The number of fused-ring (bicyclic) bond motifs is 1. The minimum Gasteiger partial charge on any atom is -0.494 e. The molecule has 0 amide bonds. The third-order valence-corrected chi connectivity index (χ3v) is 2.98. The normalized spacial score (nSPS) is 10.4. The van der Waals surface area contributed by atoms with Crippen LogP contribution in [0.2, 0.25) is 0 Å². The molecule has 2 aromatic rings. The first-order valence-corrected chi connectivity index (χ1v) is 4.84. The van der Waals surface area contributed by atoms with Crippen molar-refractivity contribution in [3.8, 4) is 5.75 Å². The molecule has 0 bridgehead atoms. The maximum absolute atomic E-state index is 13.5. The lowest BCUT2D eigenvalue weighted by molar-refractivity contribution is 0.112. The molecule has 4 heteroatoms. The second kappa shape index (κ2) is 3.38. The molecule has 2 rings (SSSR count). The van der Waals surface area contributed by atoms with Crippen LogP contribution in [0.3, 0.4) is 0 Å². The molecular weight excluding hydrogens is 203 g/mol. The van der Waals surface area contributed by atoms with Crippen molar-refractivity contribution in [3.05, 3.63) is 28.9 Å². The van der Waals surface area contributed by atoms with E-state index in [-0.39, 0.29) is 11.3 Å². The Labute approximate surface area is 83.9 Å². The van der Waals surface area contributed by atoms with Crippen molar-refractivity contribution in [2.75, 3.05) is 7.11 Å². The zero-order valence-electron chi connectivity index (χ0n) is 7.41. The van der Waals surface area contributed by atoms with Gasteiger partial charge in [-0.25, -0.2) is 4.39 Å². The van der Waals surface area contributed by atoms with Gasteiger partial charge < -0.3 is 4.74 Å². The predicted molar refractivity (Wildman–Crippen MR) is 53.7 cm³/mol. The Hall–Kier alpha value is -1.42. The third-order valence-electron chi connectivity index (χ3n) is 2.02. The fourth-order valence-corrected chi connectivity index (χ4v) is 2.22. The fraction of sp³-hybridized carbons (Fsp3) is 0.100. The molecule has 0 saturated heterocycles. The van der Waals surface area contributed by atoms with Crippen LogP contribution in [0.15, 0.2) is 17.5 Å². The van der Waals surface area contributed by atoms with Crippen molar-refractivity contribution in [3.63, 3.8) is 0 Å². The Morgan fingerprint density at radius 3 is 3.00 bits per heavy atom. The van der Waals surface area contributed by atoms with Gasteiger partial charge >= 0.3 is 0 Å². The van der Waals surface area contributed by atoms with E-state index in [0.717, 1.165) is 5.39 Å². The highest BCUT2D eigenvalue weighted by Crippen LogP contribution is 2.31. The predicted octanol–water partition coefficient (Wildman–Crippen LogP) is 2.86. The van der Waals surface area contributed by atoms with Crippen LogP contribution in [0, 0.1) is 5.82 Å². The Morgan fingerprint density at radius 2 is 2.36 bits per heavy atom. The molecule has 1 aromatic heterocycles. The Balaban J connectivity index is 2.87. The summed E-state index contributed by atoms with van der Waals surface area (Å²) in [6, 6.07) is 3.42. The molecule has 0 N–H and O–H groups in total. The SMILES string of the molecule is COc1cc2ccsc2c(C=O)c1F. The molecule has 0 saturated carbocycles. The lowest BCUT2D eigenvalue weighted by atomic mass is 10.1. The van der Waals surface area contributed by atoms with E-state index >= 15 is 0 Å². The summed E-state index contributed by atoms with van der Waals surface area (Å²) in [7, 11) is 1.38. The molecule has 14 heavy (non-hydrogen) atoms. The molecule has 72 valence electrons. The van der Waals surface area contributed by atoms with Gasteiger partial charge in [0.1, 0.15) is 0 Å². The van der Waals surface area contributed by atoms with Gasteiger partial charge in [-0.3, -0.25) is 4.79 Å². The first kappa shape index (κ1) is 9.15. The number of benzene rings is 1. The molecule has 1 heterocycles. The van der Waals surface area contributed by atoms with Gasteiger partial charge in [-0.2, -0.15) is 0 Å². The smallest absolute Gasteiger partial charge is 0.176 e. The van der Waals surface area contributed by atoms with E-state index in [4.69, 9.17) is 4.74 Å². The topological polar surface area (TPSA) is 26.3 Å². The van der Waals surface area contributed by atoms with E-state index in [1.165, 1.54) is 18.4 Å². The second-order valence-corrected chi connectivity index (χ2v) is 3.68. The summed E-state index contributed by atoms with van der Waals surface area (Å²) in [6.45, 7) is 0. The highest BCUT2D eigenvalue weighted by atomic mass is 32.1. The van der Waals surface area contributed by atoms with Crippen molar-refractivity contribution in [1.82, 2.24) is 0 Å². The van der Waals surface area contributed by atoms with E-state index in [1.807, 2.05) is 11.4 Å². The summed E-state index contributed by atoms with van der Waals surface area (Å²) < 4.78 is 19.0. The molecule has 0 aliphatic heterocycles. The molecule has 1 aromatic carbocycles. The summed E-state index contributed by atoms with van der Waals surface area (Å²) in [5.41, 5.74) is 0.0781. The minimum absolute atomic E-state index is 0.0781. The number of hydrogen-bond donors (Lipinski definition) is 0. The van der Waals surface area contributed by atoms with E-state index in [2.05, 4.69) is 0 Å². The second-order valence-electron chi connectivity index (χ2n) is 2.76. The average Bonchev–Trinajstić information content (AvgIpc) is 2.64. The number of hydrogen-bond acceptors (Lipinski definition) is 3. The minimum atomic E-state index is -0.586. The Bertz CT molecular complexity index is 490. The van der Waals surface area contributed by atoms with Crippen molar-refractivity contribution in [1.29, 1.82) is 0 Å². The number of halogens is 1. The van der Waals surface area contributed by atoms with Crippen molar-refractivity contribution >= 4 is 27.7 Å². The van der Waals surface area contributed by atoms with Crippen molar-refractivity contribution in [2.45, 2.75) is 0 Å². The summed E-state index contributed by atoms with van der Waals surface area (Å²) in [4.78, 5) is 10.7. The van der Waals surface area contributed by atoms with Crippen LogP contribution in [-0.4, -0.2) is 13.4 Å². The van der Waals surface area contributed by atoms with E-state index in [0.29, 0.717) is 11.0 Å². The number of carbonyl (C=O) groups is 1. The summed E-state index contributed by atoms with van der Waals surface area (Å²) >= 11 is 1.35. The molecule has 0 aliphatic rings. The van der Waals surface area contributed by atoms with Crippen molar-refractivity contribution < 1.29 is 13.9 Å². The van der Waals surface area contributed by atoms with E-state index in [9.17, 15) is 9.18 Å². The van der Waals surface area contributed by atoms with Crippen LogP contribution in [-0.2, 0) is 0 Å². The zero-order valence-corrected chi connectivity index (χ0v) is 8.23. The van der Waals surface area contributed by atoms with Crippen LogP contribution < -0.4 is 4.74 Å². The van der Waals surface area contributed by atoms with Crippen LogP contribution in [0.25, 0.3) is 10.1 Å². The molecule has 0 spiro atoms. The summed E-state index contributed by atoms with van der Waals surface area (Å²) in [5, 5.41) is 2.65. The van der Waals surface area contributed by atoms with Gasteiger partial charge in [0.05, 0.1) is 12.7 Å². The Kier molecular flexibility index (Phi) is 2.21. The average molecular weight is 210 g/mol. The number of methoxy groups -OCH3 is 1. The third kappa shape index (κ3) is 1.19. The Morgan fingerprint density at radius 1 is 1.57 bits per heavy atom. The van der Waals surface area contributed by atoms with Crippen LogP contribution >= 0.6 is 11.3 Å². The standard InChI is InChI=1S/C10H7FO2S/c1-13-8-4-6-2-3-14-10(6)7(5-12)9(8)11/h2-5H,1H3. The largest absolute Gasteiger partial charge is 0.494 e. The first-order valence-electron chi connectivity index (χ1n) is 3.96. The first-order chi connectivity index (χ1) is 6.77. The van der Waals surface area contributed by atoms with Gasteiger partial charge in [0.15, 0.2) is 17.9 Å². The molecule has 2 nitrogen and oxygen atoms in total. The highest BCUT2D eigenvalue weighted by molar-refractivity contribution is 7.17. The molecule has 0 radical (unpaired) electrons. The fourth-order valence-electron chi connectivity index (χ4n) is 1.34. The molecule has 0 unspecified atom stereocenters. The lowest BCUT2D eigenvalue weighted by Crippen LogP contribution is -1.93. The number of ether oxygens (including phenoxy) is 1. The molecular formula is C10H7FO2S. The van der Waals surface area contributed by atoms with E-state index in [1.54, 1.807) is 6.07 Å². The number of carbonyl (C=O) groups excluding carboxylic acids is 1. The van der Waals surface area contributed by atoms with Gasteiger partial charge in [-0.15, -0.1) is 11.3 Å². The summed E-state index contributed by atoms with van der Waals surface area (Å²) in [5.74, 6) is -0.476. The van der Waals surface area contributed by atoms with Gasteiger partial charge in [-0.1, -0.05) is 0 Å². The van der Waals surface area contributed by atoms with Crippen LogP contribution in [0.5, 0.6) is 5.75 Å². The quantitative estimate of drug-likeness (QED) is 0.712. The van der Waals surface area contributed by atoms with Gasteiger partial charge in [0.25, 0.3) is 0 Å². The lowest BCUT2D eigenvalue weighted by Gasteiger charge is -2.04. The summed E-state index contributed by atoms with van der Waals surface area (Å²) in [6.07, 6.45) is 0.524. The number of thiophene rings is 1. The maximum Gasteiger partial charge on any atom is 0.176 e. The zero-order chi connectivity index (χ0) is 10.1. The maximum atomic E-state index is 13.5. The number of aldehydes is 1. The van der Waals surface area contributed by atoms with Gasteiger partial charge in [-0.05, 0) is 22.9 Å². The van der Waals surface area contributed by atoms with Gasteiger partial charge in [0.2, 0.25) is 0 Å². The number of rotatable bonds is 2. The molecule has 0 fully saturated rings. The highest BCUT2D eigenvalue weighted by Gasteiger charge is 2.13. The van der Waals surface area contributed by atoms with Gasteiger partial charge in [0, 0.05) is 4.70 Å². The molecule has 0 atom stereocenters. The van der Waals surface area contributed by atoms with Crippen molar-refractivity contribution in [2.24, 2.45) is 0 Å². The van der Waals surface area contributed by atoms with E-state index < -0.39 is 5.82 Å².